The molecule has 1 amide bonds. The lowest BCUT2D eigenvalue weighted by Gasteiger charge is -2.26. The Hall–Kier alpha value is -1.35. The second-order valence-electron chi connectivity index (χ2n) is 5.20. The number of morpholine rings is 1. The lowest BCUT2D eigenvalue weighted by molar-refractivity contribution is 0.0303. The van der Waals surface area contributed by atoms with Gasteiger partial charge in [0.15, 0.2) is 0 Å². The first-order chi connectivity index (χ1) is 8.66. The van der Waals surface area contributed by atoms with E-state index in [-0.39, 0.29) is 5.91 Å². The smallest absolute Gasteiger partial charge is 0.254 e. The van der Waals surface area contributed by atoms with Crippen LogP contribution in [0.15, 0.2) is 24.3 Å². The Morgan fingerprint density at radius 2 is 1.83 bits per heavy atom. The molecule has 0 spiro atoms. The zero-order valence-electron chi connectivity index (χ0n) is 11.2. The Morgan fingerprint density at radius 1 is 1.22 bits per heavy atom. The van der Waals surface area contributed by atoms with Crippen LogP contribution in [0.2, 0.25) is 0 Å². The van der Waals surface area contributed by atoms with Crippen molar-refractivity contribution in [2.24, 2.45) is 5.92 Å². The van der Waals surface area contributed by atoms with Crippen LogP contribution in [0, 0.1) is 5.92 Å². The lowest BCUT2D eigenvalue weighted by atomic mass is 10.0. The van der Waals surface area contributed by atoms with Gasteiger partial charge in [-0.1, -0.05) is 26.0 Å². The summed E-state index contributed by atoms with van der Waals surface area (Å²) in [6.07, 6.45) is 1.06. The molecule has 18 heavy (non-hydrogen) atoms. The van der Waals surface area contributed by atoms with Gasteiger partial charge < -0.3 is 9.64 Å². The minimum absolute atomic E-state index is 0.120. The van der Waals surface area contributed by atoms with Gasteiger partial charge in [-0.05, 0) is 30.0 Å². The van der Waals surface area contributed by atoms with Gasteiger partial charge in [0, 0.05) is 18.7 Å². The van der Waals surface area contributed by atoms with E-state index in [1.165, 1.54) is 5.56 Å². The molecule has 98 valence electrons. The minimum atomic E-state index is 0.120. The Balaban J connectivity index is 2.02. The molecule has 2 rings (SSSR count). The van der Waals surface area contributed by atoms with Gasteiger partial charge in [0.1, 0.15) is 0 Å². The Bertz CT molecular complexity index is 391. The summed E-state index contributed by atoms with van der Waals surface area (Å²) in [4.78, 5) is 14.1. The van der Waals surface area contributed by atoms with Gasteiger partial charge in [-0.2, -0.15) is 0 Å². The third-order valence-electron chi connectivity index (χ3n) is 3.14. The van der Waals surface area contributed by atoms with Crippen molar-refractivity contribution >= 4 is 5.91 Å². The number of hydrogen-bond donors (Lipinski definition) is 0. The molecule has 0 unspecified atom stereocenters. The third-order valence-corrected chi connectivity index (χ3v) is 3.14. The van der Waals surface area contributed by atoms with Crippen molar-refractivity contribution in [3.8, 4) is 0 Å². The second kappa shape index (κ2) is 6.01. The first kappa shape index (κ1) is 13.1. The molecule has 0 atom stereocenters. The maximum atomic E-state index is 12.2. The highest BCUT2D eigenvalue weighted by Crippen LogP contribution is 2.12. The first-order valence-electron chi connectivity index (χ1n) is 6.63. The molecule has 0 saturated carbocycles. The van der Waals surface area contributed by atoms with Crippen LogP contribution in [0.4, 0.5) is 0 Å². The van der Waals surface area contributed by atoms with Crippen molar-refractivity contribution in [2.75, 3.05) is 26.3 Å². The average molecular weight is 247 g/mol. The van der Waals surface area contributed by atoms with Crippen molar-refractivity contribution in [3.05, 3.63) is 35.4 Å². The van der Waals surface area contributed by atoms with E-state index in [0.717, 1.165) is 12.0 Å². The number of benzene rings is 1. The summed E-state index contributed by atoms with van der Waals surface area (Å²) < 4.78 is 5.25. The molecule has 1 aliphatic heterocycles. The fraction of sp³-hybridized carbons (Fsp3) is 0.533. The van der Waals surface area contributed by atoms with Crippen LogP contribution in [-0.4, -0.2) is 37.1 Å². The first-order valence-corrected chi connectivity index (χ1v) is 6.63. The maximum Gasteiger partial charge on any atom is 0.254 e. The highest BCUT2D eigenvalue weighted by atomic mass is 16.5. The minimum Gasteiger partial charge on any atom is -0.378 e. The zero-order chi connectivity index (χ0) is 13.0. The monoisotopic (exact) mass is 247 g/mol. The fourth-order valence-electron chi connectivity index (χ4n) is 2.20. The van der Waals surface area contributed by atoms with Gasteiger partial charge >= 0.3 is 0 Å². The van der Waals surface area contributed by atoms with Crippen LogP contribution in [0.5, 0.6) is 0 Å². The van der Waals surface area contributed by atoms with Crippen LogP contribution in [0.1, 0.15) is 29.8 Å². The van der Waals surface area contributed by atoms with Gasteiger partial charge in [0.2, 0.25) is 0 Å². The van der Waals surface area contributed by atoms with E-state index >= 15 is 0 Å². The summed E-state index contributed by atoms with van der Waals surface area (Å²) in [7, 11) is 0. The van der Waals surface area contributed by atoms with Crippen LogP contribution in [0.25, 0.3) is 0 Å². The van der Waals surface area contributed by atoms with E-state index in [4.69, 9.17) is 4.74 Å². The summed E-state index contributed by atoms with van der Waals surface area (Å²) in [5.41, 5.74) is 2.08. The van der Waals surface area contributed by atoms with Crippen molar-refractivity contribution in [2.45, 2.75) is 20.3 Å². The standard InChI is InChI=1S/C15H21NO2/c1-12(2)11-13-3-5-14(6-4-13)15(17)16-7-9-18-10-8-16/h3-6,12H,7-11H2,1-2H3. The van der Waals surface area contributed by atoms with Gasteiger partial charge in [-0.15, -0.1) is 0 Å². The summed E-state index contributed by atoms with van der Waals surface area (Å²) in [6, 6.07) is 8.01. The number of carbonyl (C=O) groups is 1. The molecule has 1 aromatic rings. The zero-order valence-corrected chi connectivity index (χ0v) is 11.2. The molecule has 0 aliphatic carbocycles. The number of amides is 1. The lowest BCUT2D eigenvalue weighted by Crippen LogP contribution is -2.40. The third kappa shape index (κ3) is 3.33. The number of rotatable bonds is 3. The van der Waals surface area contributed by atoms with Crippen LogP contribution in [-0.2, 0) is 11.2 Å². The van der Waals surface area contributed by atoms with E-state index in [1.807, 2.05) is 17.0 Å². The average Bonchev–Trinajstić information content (AvgIpc) is 2.39. The Kier molecular flexibility index (Phi) is 4.37. The summed E-state index contributed by atoms with van der Waals surface area (Å²) in [6.45, 7) is 7.10. The quantitative estimate of drug-likeness (QED) is 0.820. The number of nitrogens with zero attached hydrogens (tertiary/aromatic N) is 1. The van der Waals surface area contributed by atoms with Gasteiger partial charge in [-0.3, -0.25) is 4.79 Å². The molecule has 1 fully saturated rings. The van der Waals surface area contributed by atoms with Crippen molar-refractivity contribution in [3.63, 3.8) is 0 Å². The molecule has 3 heteroatoms. The van der Waals surface area contributed by atoms with E-state index < -0.39 is 0 Å². The Labute approximate surface area is 109 Å². The van der Waals surface area contributed by atoms with Crippen LogP contribution >= 0.6 is 0 Å². The molecule has 3 nitrogen and oxygen atoms in total. The normalized spacial score (nSPS) is 16.1. The largest absolute Gasteiger partial charge is 0.378 e. The molecule has 1 aliphatic rings. The van der Waals surface area contributed by atoms with Gasteiger partial charge in [-0.25, -0.2) is 0 Å². The van der Waals surface area contributed by atoms with Crippen molar-refractivity contribution in [1.82, 2.24) is 4.90 Å². The molecule has 0 bridgehead atoms. The molecule has 0 aromatic heterocycles. The topological polar surface area (TPSA) is 29.5 Å². The predicted molar refractivity (Wildman–Crippen MR) is 71.7 cm³/mol. The molecule has 1 aromatic carbocycles. The van der Waals surface area contributed by atoms with E-state index in [1.54, 1.807) is 0 Å². The van der Waals surface area contributed by atoms with E-state index in [9.17, 15) is 4.79 Å². The molecule has 0 radical (unpaired) electrons. The maximum absolute atomic E-state index is 12.2. The Morgan fingerprint density at radius 3 is 2.39 bits per heavy atom. The van der Waals surface area contributed by atoms with E-state index in [0.29, 0.717) is 32.2 Å². The summed E-state index contributed by atoms with van der Waals surface area (Å²) >= 11 is 0. The highest BCUT2D eigenvalue weighted by molar-refractivity contribution is 5.94. The van der Waals surface area contributed by atoms with Crippen LogP contribution in [0.3, 0.4) is 0 Å². The number of ether oxygens (including phenoxy) is 1. The SMILES string of the molecule is CC(C)Cc1ccc(C(=O)N2CCOCC2)cc1. The molecule has 1 heterocycles. The fourth-order valence-corrected chi connectivity index (χ4v) is 2.20. The predicted octanol–water partition coefficient (Wildman–Crippen LogP) is 2.36. The van der Waals surface area contributed by atoms with Gasteiger partial charge in [0.05, 0.1) is 13.2 Å². The molecular formula is C15H21NO2. The molecule has 1 saturated heterocycles. The summed E-state index contributed by atoms with van der Waals surface area (Å²) in [5, 5.41) is 0. The van der Waals surface area contributed by atoms with Gasteiger partial charge in [0.25, 0.3) is 5.91 Å². The van der Waals surface area contributed by atoms with Crippen molar-refractivity contribution < 1.29 is 9.53 Å². The second-order valence-corrected chi connectivity index (χ2v) is 5.20. The van der Waals surface area contributed by atoms with Crippen molar-refractivity contribution in [1.29, 1.82) is 0 Å². The molecular weight excluding hydrogens is 226 g/mol. The molecule has 0 N–H and O–H groups in total. The number of carbonyl (C=O) groups excluding carboxylic acids is 1. The van der Waals surface area contributed by atoms with E-state index in [2.05, 4.69) is 26.0 Å². The highest BCUT2D eigenvalue weighted by Gasteiger charge is 2.18. The number of hydrogen-bond acceptors (Lipinski definition) is 2. The summed E-state index contributed by atoms with van der Waals surface area (Å²) in [5.74, 6) is 0.764. The van der Waals surface area contributed by atoms with Crippen LogP contribution < -0.4 is 0 Å².